The topological polar surface area (TPSA) is 39.2 Å². The minimum Gasteiger partial charge on any atom is -0.468 e. The average Bonchev–Trinajstić information content (AvgIpc) is 2.32. The van der Waals surface area contributed by atoms with E-state index in [9.17, 15) is 13.2 Å². The highest BCUT2D eigenvalue weighted by Crippen LogP contribution is 2.27. The van der Waals surface area contributed by atoms with Crippen molar-refractivity contribution in [3.05, 3.63) is 24.2 Å². The molecule has 12 heavy (non-hydrogen) atoms. The summed E-state index contributed by atoms with van der Waals surface area (Å²) < 4.78 is 40.0. The van der Waals surface area contributed by atoms with Crippen molar-refractivity contribution in [3.8, 4) is 0 Å². The molecule has 1 aromatic rings. The lowest BCUT2D eigenvalue weighted by molar-refractivity contribution is -0.139. The molecule has 5 heteroatoms. The predicted octanol–water partition coefficient (Wildman–Crippen LogP) is 2.23. The Morgan fingerprint density at radius 2 is 2.17 bits per heavy atom. The number of hydrogen-bond donors (Lipinski definition) is 1. The fourth-order valence-electron chi connectivity index (χ4n) is 0.852. The van der Waals surface area contributed by atoms with Gasteiger partial charge in [0.25, 0.3) is 0 Å². The maximum absolute atomic E-state index is 11.8. The first-order valence-electron chi connectivity index (χ1n) is 3.35. The van der Waals surface area contributed by atoms with E-state index in [1.807, 2.05) is 0 Å². The summed E-state index contributed by atoms with van der Waals surface area (Å²) in [6.45, 7) is 0. The molecule has 0 saturated heterocycles. The van der Waals surface area contributed by atoms with E-state index in [1.165, 1.54) is 18.4 Å². The zero-order chi connectivity index (χ0) is 9.19. The second-order valence-electron chi connectivity index (χ2n) is 2.44. The van der Waals surface area contributed by atoms with Gasteiger partial charge in [-0.3, -0.25) is 0 Å². The van der Waals surface area contributed by atoms with Gasteiger partial charge < -0.3 is 10.2 Å². The Morgan fingerprint density at radius 3 is 2.58 bits per heavy atom. The molecule has 0 aliphatic rings. The molecule has 1 aromatic heterocycles. The normalized spacial score (nSPS) is 14.7. The van der Waals surface area contributed by atoms with E-state index in [-0.39, 0.29) is 5.76 Å². The second-order valence-corrected chi connectivity index (χ2v) is 2.44. The van der Waals surface area contributed by atoms with Crippen molar-refractivity contribution in [3.63, 3.8) is 0 Å². The van der Waals surface area contributed by atoms with Crippen LogP contribution in [0.3, 0.4) is 0 Å². The van der Waals surface area contributed by atoms with E-state index in [2.05, 4.69) is 0 Å². The first-order chi connectivity index (χ1) is 5.49. The molecular formula is C7H8F3NO. The standard InChI is InChI=1S/C7H8F3NO/c8-7(9,10)4-5(11)6-2-1-3-12-6/h1-3,5H,4,11H2/t5-/m1/s1. The summed E-state index contributed by atoms with van der Waals surface area (Å²) in [4.78, 5) is 0. The van der Waals surface area contributed by atoms with Crippen LogP contribution in [0.5, 0.6) is 0 Å². The van der Waals surface area contributed by atoms with Crippen molar-refractivity contribution in [1.29, 1.82) is 0 Å². The zero-order valence-electron chi connectivity index (χ0n) is 6.14. The van der Waals surface area contributed by atoms with Gasteiger partial charge in [-0.2, -0.15) is 13.2 Å². The molecule has 0 aliphatic carbocycles. The Labute approximate surface area is 67.2 Å². The highest BCUT2D eigenvalue weighted by atomic mass is 19.4. The van der Waals surface area contributed by atoms with Gasteiger partial charge in [0.05, 0.1) is 18.7 Å². The van der Waals surface area contributed by atoms with Gasteiger partial charge >= 0.3 is 6.18 Å². The summed E-state index contributed by atoms with van der Waals surface area (Å²) in [6.07, 6.45) is -4.00. The van der Waals surface area contributed by atoms with Crippen LogP contribution in [0.15, 0.2) is 22.8 Å². The lowest BCUT2D eigenvalue weighted by Gasteiger charge is -2.10. The van der Waals surface area contributed by atoms with Crippen LogP contribution >= 0.6 is 0 Å². The molecule has 0 aliphatic heterocycles. The Bertz CT molecular complexity index is 229. The first-order valence-corrected chi connectivity index (χ1v) is 3.35. The lowest BCUT2D eigenvalue weighted by Crippen LogP contribution is -2.19. The molecule has 2 nitrogen and oxygen atoms in total. The summed E-state index contributed by atoms with van der Waals surface area (Å²) in [6, 6.07) is 1.84. The van der Waals surface area contributed by atoms with Gasteiger partial charge in [0.1, 0.15) is 5.76 Å². The summed E-state index contributed by atoms with van der Waals surface area (Å²) in [7, 11) is 0. The highest BCUT2D eigenvalue weighted by molar-refractivity contribution is 5.03. The van der Waals surface area contributed by atoms with E-state index < -0.39 is 18.6 Å². The molecule has 0 unspecified atom stereocenters. The third-order valence-electron chi connectivity index (χ3n) is 1.36. The van der Waals surface area contributed by atoms with E-state index in [0.29, 0.717) is 0 Å². The number of rotatable bonds is 2. The predicted molar refractivity (Wildman–Crippen MR) is 36.3 cm³/mol. The average molecular weight is 179 g/mol. The fourth-order valence-corrected chi connectivity index (χ4v) is 0.852. The van der Waals surface area contributed by atoms with Gasteiger partial charge in [-0.05, 0) is 12.1 Å². The summed E-state index contributed by atoms with van der Waals surface area (Å²) >= 11 is 0. The fraction of sp³-hybridized carbons (Fsp3) is 0.429. The molecule has 0 spiro atoms. The van der Waals surface area contributed by atoms with Crippen LogP contribution in [-0.2, 0) is 0 Å². The van der Waals surface area contributed by atoms with Gasteiger partial charge in [0.15, 0.2) is 0 Å². The van der Waals surface area contributed by atoms with Crippen molar-refractivity contribution in [1.82, 2.24) is 0 Å². The largest absolute Gasteiger partial charge is 0.468 e. The third-order valence-corrected chi connectivity index (χ3v) is 1.36. The Balaban J connectivity index is 2.56. The van der Waals surface area contributed by atoms with E-state index in [4.69, 9.17) is 10.2 Å². The molecule has 0 amide bonds. The summed E-state index contributed by atoms with van der Waals surface area (Å²) in [5.74, 6) is 0.160. The molecule has 0 radical (unpaired) electrons. The molecule has 1 atom stereocenters. The molecule has 2 N–H and O–H groups in total. The van der Waals surface area contributed by atoms with Crippen molar-refractivity contribution >= 4 is 0 Å². The third kappa shape index (κ3) is 2.58. The molecule has 0 saturated carbocycles. The van der Waals surface area contributed by atoms with Crippen molar-refractivity contribution in [2.75, 3.05) is 0 Å². The van der Waals surface area contributed by atoms with Gasteiger partial charge in [-0.15, -0.1) is 0 Å². The number of furan rings is 1. The smallest absolute Gasteiger partial charge is 0.391 e. The summed E-state index contributed by atoms with van der Waals surface area (Å²) in [5.41, 5.74) is 5.21. The van der Waals surface area contributed by atoms with Crippen LogP contribution in [0.4, 0.5) is 13.2 Å². The van der Waals surface area contributed by atoms with Crippen molar-refractivity contribution in [2.24, 2.45) is 5.73 Å². The molecule has 68 valence electrons. The van der Waals surface area contributed by atoms with E-state index in [1.54, 1.807) is 0 Å². The first kappa shape index (κ1) is 9.12. The van der Waals surface area contributed by atoms with Gasteiger partial charge in [0, 0.05) is 0 Å². The maximum atomic E-state index is 11.8. The van der Waals surface area contributed by atoms with E-state index in [0.717, 1.165) is 0 Å². The molecular weight excluding hydrogens is 171 g/mol. The summed E-state index contributed by atoms with van der Waals surface area (Å²) in [5, 5.41) is 0. The number of nitrogens with two attached hydrogens (primary N) is 1. The van der Waals surface area contributed by atoms with Gasteiger partial charge in [0.2, 0.25) is 0 Å². The van der Waals surface area contributed by atoms with Crippen LogP contribution in [-0.4, -0.2) is 6.18 Å². The molecule has 1 heterocycles. The van der Waals surface area contributed by atoms with Crippen LogP contribution in [0.25, 0.3) is 0 Å². The molecule has 0 fully saturated rings. The van der Waals surface area contributed by atoms with Crippen LogP contribution in [0, 0.1) is 0 Å². The maximum Gasteiger partial charge on any atom is 0.391 e. The van der Waals surface area contributed by atoms with E-state index >= 15 is 0 Å². The van der Waals surface area contributed by atoms with Gasteiger partial charge in [-0.25, -0.2) is 0 Å². The minimum atomic E-state index is -4.24. The zero-order valence-corrected chi connectivity index (χ0v) is 6.14. The second kappa shape index (κ2) is 3.18. The van der Waals surface area contributed by atoms with Crippen LogP contribution in [0.2, 0.25) is 0 Å². The molecule has 1 rings (SSSR count). The number of alkyl halides is 3. The SMILES string of the molecule is N[C@H](CC(F)(F)F)c1ccco1. The van der Waals surface area contributed by atoms with Crippen LogP contribution in [0.1, 0.15) is 18.2 Å². The Hall–Kier alpha value is -0.970. The highest BCUT2D eigenvalue weighted by Gasteiger charge is 2.31. The monoisotopic (exact) mass is 179 g/mol. The number of halogens is 3. The quantitative estimate of drug-likeness (QED) is 0.756. The Kier molecular flexibility index (Phi) is 2.42. The molecule has 0 bridgehead atoms. The van der Waals surface area contributed by atoms with Crippen LogP contribution < -0.4 is 5.73 Å². The lowest BCUT2D eigenvalue weighted by atomic mass is 10.2. The van der Waals surface area contributed by atoms with Crippen molar-refractivity contribution < 1.29 is 17.6 Å². The van der Waals surface area contributed by atoms with Crippen molar-refractivity contribution in [2.45, 2.75) is 18.6 Å². The molecule has 0 aromatic carbocycles. The van der Waals surface area contributed by atoms with Gasteiger partial charge in [-0.1, -0.05) is 0 Å². The Morgan fingerprint density at radius 1 is 1.50 bits per heavy atom. The minimum absolute atomic E-state index is 0.160. The number of hydrogen-bond acceptors (Lipinski definition) is 2.